The average molecular weight is 584 g/mol. The minimum absolute atomic E-state index is 0.849. The SMILES string of the molecule is c1ccc(-c2ccc(-c3ccc(-c4cc5ccc6cccc7c8cccc9ccc%10cccc(c(c4)c5c67)c%10c98)cn3)cn2)nc1. The average Bonchev–Trinajstić information content (AvgIpc) is 3.13. The number of hydrogen-bond donors (Lipinski definition) is 0. The van der Waals surface area contributed by atoms with Gasteiger partial charge in [0.25, 0.3) is 0 Å². The van der Waals surface area contributed by atoms with Gasteiger partial charge in [0.15, 0.2) is 0 Å². The Bertz CT molecular complexity index is 2760. The summed E-state index contributed by atoms with van der Waals surface area (Å²) in [5.74, 6) is 0. The molecule has 0 saturated carbocycles. The van der Waals surface area contributed by atoms with Crippen molar-refractivity contribution in [3.05, 3.63) is 152 Å². The zero-order valence-electron chi connectivity index (χ0n) is 24.8. The first-order valence-corrected chi connectivity index (χ1v) is 15.6. The zero-order chi connectivity index (χ0) is 30.2. The first kappa shape index (κ1) is 25.2. The number of rotatable bonds is 3. The molecule has 0 radical (unpaired) electrons. The fourth-order valence-electron chi connectivity index (χ4n) is 7.40. The smallest absolute Gasteiger partial charge is 0.0886 e. The van der Waals surface area contributed by atoms with Crippen molar-refractivity contribution in [2.75, 3.05) is 0 Å². The Morgan fingerprint density at radius 1 is 0.304 bits per heavy atom. The van der Waals surface area contributed by atoms with Crippen LogP contribution in [0.4, 0.5) is 0 Å². The molecule has 0 spiro atoms. The Hall–Kier alpha value is -6.19. The molecule has 0 N–H and O–H groups in total. The lowest BCUT2D eigenvalue weighted by Gasteiger charge is -2.17. The van der Waals surface area contributed by atoms with Crippen LogP contribution >= 0.6 is 0 Å². The molecule has 46 heavy (non-hydrogen) atoms. The molecule has 3 nitrogen and oxygen atoms in total. The minimum atomic E-state index is 0.849. The van der Waals surface area contributed by atoms with Crippen molar-refractivity contribution in [2.24, 2.45) is 0 Å². The summed E-state index contributed by atoms with van der Waals surface area (Å²) in [6.07, 6.45) is 5.65. The lowest BCUT2D eigenvalue weighted by atomic mass is 9.86. The van der Waals surface area contributed by atoms with Crippen LogP contribution in [0.25, 0.3) is 98.4 Å². The summed E-state index contributed by atoms with van der Waals surface area (Å²) in [5.41, 5.74) is 5.82. The maximum atomic E-state index is 4.90. The molecule has 0 aliphatic heterocycles. The molecule has 0 aliphatic rings. The van der Waals surface area contributed by atoms with Crippen LogP contribution in [-0.2, 0) is 0 Å². The van der Waals surface area contributed by atoms with E-state index in [1.54, 1.807) is 6.20 Å². The molecule has 3 heterocycles. The van der Waals surface area contributed by atoms with Gasteiger partial charge in [-0.3, -0.25) is 15.0 Å². The molecule has 10 rings (SSSR count). The van der Waals surface area contributed by atoms with Gasteiger partial charge in [-0.1, -0.05) is 91.0 Å². The van der Waals surface area contributed by atoms with Crippen molar-refractivity contribution >= 4 is 64.6 Å². The van der Waals surface area contributed by atoms with Crippen molar-refractivity contribution < 1.29 is 0 Å². The van der Waals surface area contributed by atoms with Gasteiger partial charge in [0.05, 0.1) is 17.1 Å². The van der Waals surface area contributed by atoms with Crippen LogP contribution in [0, 0.1) is 0 Å². The van der Waals surface area contributed by atoms with Gasteiger partial charge < -0.3 is 0 Å². The second-order valence-electron chi connectivity index (χ2n) is 12.0. The molecular weight excluding hydrogens is 558 g/mol. The van der Waals surface area contributed by atoms with E-state index in [1.165, 1.54) is 64.6 Å². The van der Waals surface area contributed by atoms with E-state index in [0.29, 0.717) is 0 Å². The van der Waals surface area contributed by atoms with Gasteiger partial charge in [0.1, 0.15) is 0 Å². The van der Waals surface area contributed by atoms with Crippen LogP contribution in [0.2, 0.25) is 0 Å². The Morgan fingerprint density at radius 3 is 1.43 bits per heavy atom. The molecule has 3 aromatic heterocycles. The van der Waals surface area contributed by atoms with Crippen LogP contribution in [0.5, 0.6) is 0 Å². The van der Waals surface area contributed by atoms with Crippen molar-refractivity contribution in [1.82, 2.24) is 15.0 Å². The summed E-state index contributed by atoms with van der Waals surface area (Å²) in [5, 5.41) is 15.4. The van der Waals surface area contributed by atoms with E-state index in [4.69, 9.17) is 4.98 Å². The molecule has 0 aliphatic carbocycles. The third kappa shape index (κ3) is 3.69. The third-order valence-electron chi connectivity index (χ3n) is 9.51. The van der Waals surface area contributed by atoms with E-state index in [0.717, 1.165) is 33.8 Å². The number of hydrogen-bond acceptors (Lipinski definition) is 3. The molecule has 0 atom stereocenters. The Labute approximate surface area is 264 Å². The number of pyridine rings is 3. The largest absolute Gasteiger partial charge is 0.256 e. The predicted molar refractivity (Wildman–Crippen MR) is 192 cm³/mol. The molecule has 212 valence electrons. The number of fused-ring (bicyclic) bond motifs is 2. The van der Waals surface area contributed by atoms with Crippen molar-refractivity contribution in [3.8, 4) is 33.8 Å². The van der Waals surface area contributed by atoms with Crippen molar-refractivity contribution in [2.45, 2.75) is 0 Å². The summed E-state index contributed by atoms with van der Waals surface area (Å²) < 4.78 is 0. The van der Waals surface area contributed by atoms with Gasteiger partial charge in [0, 0.05) is 29.7 Å². The highest BCUT2D eigenvalue weighted by atomic mass is 14.8. The van der Waals surface area contributed by atoms with Crippen LogP contribution < -0.4 is 0 Å². The van der Waals surface area contributed by atoms with Crippen LogP contribution in [-0.4, -0.2) is 15.0 Å². The molecule has 3 heteroatoms. The van der Waals surface area contributed by atoms with Gasteiger partial charge in [0.2, 0.25) is 0 Å². The molecule has 0 saturated heterocycles. The topological polar surface area (TPSA) is 38.7 Å². The molecular formula is C43H25N3. The van der Waals surface area contributed by atoms with Crippen LogP contribution in [0.3, 0.4) is 0 Å². The summed E-state index contributed by atoms with van der Waals surface area (Å²) >= 11 is 0. The van der Waals surface area contributed by atoms with Gasteiger partial charge >= 0.3 is 0 Å². The molecule has 0 fully saturated rings. The van der Waals surface area contributed by atoms with Gasteiger partial charge in [-0.15, -0.1) is 0 Å². The highest BCUT2D eigenvalue weighted by Gasteiger charge is 2.16. The van der Waals surface area contributed by atoms with E-state index in [1.807, 2.05) is 36.7 Å². The first-order chi connectivity index (χ1) is 22.8. The van der Waals surface area contributed by atoms with E-state index in [9.17, 15) is 0 Å². The molecule has 0 amide bonds. The number of benzene rings is 6. The van der Waals surface area contributed by atoms with E-state index >= 15 is 0 Å². The lowest BCUT2D eigenvalue weighted by molar-refractivity contribution is 1.24. The highest BCUT2D eigenvalue weighted by molar-refractivity contribution is 6.37. The second-order valence-corrected chi connectivity index (χ2v) is 12.0. The summed E-state index contributed by atoms with van der Waals surface area (Å²) in [6, 6.07) is 48.2. The van der Waals surface area contributed by atoms with Crippen molar-refractivity contribution in [3.63, 3.8) is 0 Å². The maximum absolute atomic E-state index is 4.90. The summed E-state index contributed by atoms with van der Waals surface area (Å²) in [4.78, 5) is 14.0. The molecule has 0 unspecified atom stereocenters. The Morgan fingerprint density at radius 2 is 0.848 bits per heavy atom. The number of nitrogens with zero attached hydrogens (tertiary/aromatic N) is 3. The quantitative estimate of drug-likeness (QED) is 0.194. The third-order valence-corrected chi connectivity index (χ3v) is 9.51. The number of aromatic nitrogens is 3. The van der Waals surface area contributed by atoms with E-state index < -0.39 is 0 Å². The van der Waals surface area contributed by atoms with Gasteiger partial charge in [-0.05, 0) is 113 Å². The summed E-state index contributed by atoms with van der Waals surface area (Å²) in [7, 11) is 0. The predicted octanol–water partition coefficient (Wildman–Crippen LogP) is 11.2. The fourth-order valence-corrected chi connectivity index (χ4v) is 7.40. The van der Waals surface area contributed by atoms with Gasteiger partial charge in [-0.2, -0.15) is 0 Å². The maximum Gasteiger partial charge on any atom is 0.0886 e. The van der Waals surface area contributed by atoms with Crippen LogP contribution in [0.1, 0.15) is 0 Å². The van der Waals surface area contributed by atoms with Gasteiger partial charge in [-0.25, -0.2) is 0 Å². The van der Waals surface area contributed by atoms with Crippen molar-refractivity contribution in [1.29, 1.82) is 0 Å². The highest BCUT2D eigenvalue weighted by Crippen LogP contribution is 2.44. The summed E-state index contributed by atoms with van der Waals surface area (Å²) in [6.45, 7) is 0. The molecule has 0 bridgehead atoms. The zero-order valence-corrected chi connectivity index (χ0v) is 24.8. The Balaban J connectivity index is 1.21. The minimum Gasteiger partial charge on any atom is -0.256 e. The fraction of sp³-hybridized carbons (Fsp3) is 0. The molecule has 7 aromatic carbocycles. The van der Waals surface area contributed by atoms with E-state index in [-0.39, 0.29) is 0 Å². The van der Waals surface area contributed by atoms with E-state index in [2.05, 4.69) is 119 Å². The Kier molecular flexibility index (Phi) is 5.28. The van der Waals surface area contributed by atoms with Crippen LogP contribution in [0.15, 0.2) is 152 Å². The lowest BCUT2D eigenvalue weighted by Crippen LogP contribution is -1.91. The molecule has 10 aromatic rings. The monoisotopic (exact) mass is 583 g/mol. The standard InChI is InChI=1S/C43H25N3/c1-2-21-44-38(12-1)39-20-18-31(25-46-39)37-19-17-30(24-45-37)32-22-29-16-15-28-7-4-10-34-33-9-3-6-26-13-14-27-8-5-11-35(42(27)40(26)33)36(23-32)43(29)41(28)34/h1-25H. The normalized spacial score (nSPS) is 11.9. The second kappa shape index (κ2) is 9.65. The first-order valence-electron chi connectivity index (χ1n) is 15.6.